The molecule has 13 heteroatoms. The largest absolute Gasteiger partial charge is 0.291 e. The molecule has 12 nitrogen and oxygen atoms in total. The van der Waals surface area contributed by atoms with E-state index < -0.39 is 23.5 Å². The van der Waals surface area contributed by atoms with Gasteiger partial charge in [0.25, 0.3) is 5.56 Å². The van der Waals surface area contributed by atoms with Gasteiger partial charge in [-0.1, -0.05) is 0 Å². The van der Waals surface area contributed by atoms with Gasteiger partial charge in [-0.25, -0.2) is 9.97 Å². The Kier molecular flexibility index (Phi) is 7.30. The molecule has 0 aliphatic carbocycles. The molecule has 1 amide bonds. The van der Waals surface area contributed by atoms with Crippen LogP contribution in [0.5, 0.6) is 0 Å². The molecule has 0 saturated carbocycles. The Labute approximate surface area is 193 Å². The molecule has 6 N–H and O–H groups in total. The van der Waals surface area contributed by atoms with Crippen molar-refractivity contribution in [3.8, 4) is 0 Å². The Bertz CT molecular complexity index is 1230. The van der Waals surface area contributed by atoms with E-state index in [1.54, 1.807) is 12.1 Å². The second-order valence-electron chi connectivity index (χ2n) is 6.71. The molecule has 0 spiro atoms. The normalized spacial score (nSPS) is 11.6. The number of rotatable bonds is 9. The zero-order valence-electron chi connectivity index (χ0n) is 16.5. The first-order valence-electron chi connectivity index (χ1n) is 9.33. The number of fused-ring (bicyclic) bond motifs is 1. The van der Waals surface area contributed by atoms with Crippen LogP contribution in [-0.2, 0) is 37.2 Å². The molecule has 32 heavy (non-hydrogen) atoms. The molecule has 2 heterocycles. The number of anilines is 2. The molecule has 3 rings (SSSR count). The molecule has 0 unspecified atom stereocenters. The fraction of sp³-hybridized carbons (Fsp3) is 0.211. The van der Waals surface area contributed by atoms with Gasteiger partial charge in [-0.05, 0) is 0 Å². The molecule has 0 fully saturated rings. The van der Waals surface area contributed by atoms with Crippen molar-refractivity contribution in [2.75, 3.05) is 11.1 Å². The van der Waals surface area contributed by atoms with Crippen molar-refractivity contribution in [1.29, 1.82) is 0 Å². The topological polar surface area (TPSA) is 193 Å². The first-order valence-corrected chi connectivity index (χ1v) is 10.4. The molecular weight excluding hydrogens is 499 g/mol. The number of hydrogen-bond donors (Lipinski definition) is 5. The van der Waals surface area contributed by atoms with Crippen molar-refractivity contribution in [2.45, 2.75) is 25.4 Å². The number of nitrogens with zero attached hydrogens (tertiary/aromatic N) is 3. The number of H-pyrrole nitrogens is 1. The summed E-state index contributed by atoms with van der Waals surface area (Å²) in [7, 11) is 0. The zero-order valence-corrected chi connectivity index (χ0v) is 18.7. The van der Waals surface area contributed by atoms with E-state index in [0.29, 0.717) is 11.4 Å². The van der Waals surface area contributed by atoms with E-state index in [4.69, 9.17) is 5.73 Å². The van der Waals surface area contributed by atoms with Crippen LogP contribution in [0.2, 0.25) is 0 Å². The maximum atomic E-state index is 12.3. The number of aliphatic carboxylic acids is 1. The number of aromatic amines is 1. The molecule has 0 aliphatic rings. The number of amides is 1. The van der Waals surface area contributed by atoms with Crippen molar-refractivity contribution in [3.63, 3.8) is 0 Å². The Morgan fingerprint density at radius 1 is 1.19 bits per heavy atom. The monoisotopic (exact) mass is 517 g/mol. The molecule has 1 atom stereocenters. The van der Waals surface area contributed by atoms with Gasteiger partial charge in [0.05, 0.1) is 11.9 Å². The Balaban J connectivity index is 1.62. The van der Waals surface area contributed by atoms with Gasteiger partial charge in [-0.2, -0.15) is 4.98 Å². The summed E-state index contributed by atoms with van der Waals surface area (Å²) in [5, 5.41) is 14.7. The molecule has 0 aliphatic heterocycles. The van der Waals surface area contributed by atoms with Crippen LogP contribution in [0, 0.1) is 0 Å². The number of nitrogens with two attached hydrogens (primary N) is 1. The number of aromatic nitrogens is 4. The van der Waals surface area contributed by atoms with Gasteiger partial charge in [0, 0.05) is 0 Å². The SMILES string of the molecule is Nc1nc2ncc(CNc3ccc(C(=O)N[C@@H](CC[C](=O)[Nb])C(=O)O)cc3)nc2c(=O)[nH]1. The number of carbonyl (C=O) groups excluding carboxylic acids is 2. The number of hydrogen-bond acceptors (Lipinski definition) is 9. The first-order chi connectivity index (χ1) is 15.2. The van der Waals surface area contributed by atoms with E-state index in [2.05, 4.69) is 30.6 Å². The third kappa shape index (κ3) is 5.97. The average molecular weight is 517 g/mol. The number of benzene rings is 1. The average Bonchev–Trinajstić information content (AvgIpc) is 2.75. The molecule has 3 aromatic rings. The van der Waals surface area contributed by atoms with Crippen molar-refractivity contribution < 1.29 is 40.6 Å². The smallest absolute Gasteiger partial charge is 0.280 e. The van der Waals surface area contributed by atoms with Crippen molar-refractivity contribution in [3.05, 3.63) is 52.1 Å². The Morgan fingerprint density at radius 3 is 2.56 bits per heavy atom. The van der Waals surface area contributed by atoms with E-state index in [-0.39, 0.29) is 46.1 Å². The number of carboxylic acid groups (broad SMARTS) is 1. The first kappa shape index (κ1) is 23.1. The predicted molar refractivity (Wildman–Crippen MR) is 109 cm³/mol. The van der Waals surface area contributed by atoms with Crippen molar-refractivity contribution in [2.24, 2.45) is 0 Å². The summed E-state index contributed by atoms with van der Waals surface area (Å²) in [5.41, 5.74) is 6.65. The summed E-state index contributed by atoms with van der Waals surface area (Å²) >= 11 is 0.996. The molecule has 2 aromatic heterocycles. The van der Waals surface area contributed by atoms with Gasteiger partial charge in [-0.3, -0.25) is 9.78 Å². The van der Waals surface area contributed by atoms with Crippen molar-refractivity contribution in [1.82, 2.24) is 25.3 Å². The van der Waals surface area contributed by atoms with Crippen molar-refractivity contribution >= 4 is 38.7 Å². The van der Waals surface area contributed by atoms with Gasteiger partial charge in [0.2, 0.25) is 5.95 Å². The van der Waals surface area contributed by atoms with E-state index in [0.717, 1.165) is 21.1 Å². The molecule has 0 radical (unpaired) electrons. The molecule has 0 bridgehead atoms. The van der Waals surface area contributed by atoms with Crippen LogP contribution in [0.3, 0.4) is 0 Å². The maximum Gasteiger partial charge on any atom is 0.280 e. The van der Waals surface area contributed by atoms with E-state index in [1.807, 2.05) is 0 Å². The molecular formula is C19H18N7NbO5. The van der Waals surface area contributed by atoms with Crippen LogP contribution in [0.15, 0.2) is 35.3 Å². The fourth-order valence-electron chi connectivity index (χ4n) is 2.75. The summed E-state index contributed by atoms with van der Waals surface area (Å²) in [4.78, 5) is 61.2. The molecule has 1 aromatic carbocycles. The Hall–Kier alpha value is -3.61. The van der Waals surface area contributed by atoms with Crippen LogP contribution in [-0.4, -0.2) is 47.0 Å². The minimum Gasteiger partial charge on any atom is -0.291 e. The standard InChI is InChI=1S/C19H18N7O5.Nb/c20-19-25-15-14(17(29)26-19)23-12(9-22-15)8-21-11-5-3-10(4-6-11)16(28)24-13(18(30)31)2-1-7-27;/h3-6,9,13,21H,1-2,8H2,(H,24,28)(H,30,31)(H3,20,22,25,26,29);/t13-;/m0./s1. The number of carbonyl (C=O) groups is 3. The van der Waals surface area contributed by atoms with Crippen LogP contribution in [0.4, 0.5) is 11.6 Å². The van der Waals surface area contributed by atoms with E-state index in [9.17, 15) is 24.3 Å². The Morgan fingerprint density at radius 2 is 1.91 bits per heavy atom. The zero-order chi connectivity index (χ0) is 23.3. The van der Waals surface area contributed by atoms with Crippen LogP contribution in [0.25, 0.3) is 11.2 Å². The van der Waals surface area contributed by atoms with Gasteiger partial charge in [0.1, 0.15) is 0 Å². The molecule has 164 valence electrons. The van der Waals surface area contributed by atoms with Gasteiger partial charge in [-0.15, -0.1) is 0 Å². The third-order valence-corrected chi connectivity index (χ3v) is 4.91. The predicted octanol–water partition coefficient (Wildman–Crippen LogP) is -0.0560. The maximum absolute atomic E-state index is 12.3. The summed E-state index contributed by atoms with van der Waals surface area (Å²) in [6, 6.07) is 5.22. The van der Waals surface area contributed by atoms with Crippen LogP contribution < -0.4 is 21.9 Å². The van der Waals surface area contributed by atoms with Gasteiger partial charge in [0.15, 0.2) is 11.2 Å². The van der Waals surface area contributed by atoms with Gasteiger partial charge >= 0.3 is 128 Å². The second kappa shape index (κ2) is 10.1. The second-order valence-corrected chi connectivity index (χ2v) is 7.94. The minimum atomic E-state index is -1.20. The molecule has 0 saturated heterocycles. The van der Waals surface area contributed by atoms with E-state index in [1.165, 1.54) is 18.3 Å². The quantitative estimate of drug-likeness (QED) is 0.240. The van der Waals surface area contributed by atoms with E-state index >= 15 is 0 Å². The summed E-state index contributed by atoms with van der Waals surface area (Å²) in [6.07, 6.45) is 1.59. The van der Waals surface area contributed by atoms with Gasteiger partial charge < -0.3 is 5.73 Å². The number of nitrogens with one attached hydrogen (secondary N) is 3. The fourth-order valence-corrected chi connectivity index (χ4v) is 3.07. The third-order valence-electron chi connectivity index (χ3n) is 4.36. The number of carboxylic acids is 1. The summed E-state index contributed by atoms with van der Waals surface area (Å²) in [6.45, 7) is 0.256. The number of nitrogen functional groups attached to an aromatic ring is 1. The minimum absolute atomic E-state index is 0.0341. The van der Waals surface area contributed by atoms with Crippen LogP contribution in [0.1, 0.15) is 28.9 Å². The summed E-state index contributed by atoms with van der Waals surface area (Å²) in [5.74, 6) is -1.79. The summed E-state index contributed by atoms with van der Waals surface area (Å²) < 4.78 is -0.101. The van der Waals surface area contributed by atoms with Crippen LogP contribution >= 0.6 is 0 Å².